The van der Waals surface area contributed by atoms with Gasteiger partial charge in [0.05, 0.1) is 5.69 Å². The van der Waals surface area contributed by atoms with Crippen LogP contribution in [0.1, 0.15) is 5.56 Å². The molecule has 0 fully saturated rings. The zero-order valence-corrected chi connectivity index (χ0v) is 8.78. The molecule has 1 rings (SSSR count). The summed E-state index contributed by atoms with van der Waals surface area (Å²) in [5.41, 5.74) is 3.87. The molecule has 0 atom stereocenters. The largest absolute Gasteiger partial charge is 0.478 e. The number of hydrogen-bond donors (Lipinski definition) is 3. The lowest BCUT2D eigenvalue weighted by atomic mass is 10.1. The number of nitrogen functional groups attached to an aromatic ring is 1. The molecule has 0 aliphatic rings. The van der Waals surface area contributed by atoms with Crippen molar-refractivity contribution in [1.29, 1.82) is 0 Å². The minimum absolute atomic E-state index is 0.657. The van der Waals surface area contributed by atoms with Gasteiger partial charge < -0.3 is 10.5 Å². The smallest absolute Gasteiger partial charge is 0.328 e. The van der Waals surface area contributed by atoms with Crippen LogP contribution in [0.2, 0.25) is 0 Å². The molecule has 5 heteroatoms. The van der Waals surface area contributed by atoms with Gasteiger partial charge in [0.2, 0.25) is 0 Å². The van der Waals surface area contributed by atoms with Crippen molar-refractivity contribution >= 4 is 33.7 Å². The number of carbonyl (C=O) groups is 1. The summed E-state index contributed by atoms with van der Waals surface area (Å²) in [5, 5.41) is 8.46. The number of nitrogens with one attached hydrogen (secondary N) is 1. The lowest BCUT2D eigenvalue weighted by molar-refractivity contribution is -0.131. The molecule has 0 aliphatic carbocycles. The molecule has 0 aromatic heterocycles. The summed E-state index contributed by atoms with van der Waals surface area (Å²) in [4.78, 5) is 10.3. The fourth-order valence-corrected chi connectivity index (χ4v) is 1.49. The number of hydrogen-bond acceptors (Lipinski definition) is 3. The minimum Gasteiger partial charge on any atom is -0.478 e. The Labute approximate surface area is 89.5 Å². The number of benzene rings is 1. The zero-order valence-electron chi connectivity index (χ0n) is 7.20. The highest BCUT2D eigenvalue weighted by atomic mass is 79.9. The van der Waals surface area contributed by atoms with E-state index in [0.29, 0.717) is 11.3 Å². The molecular weight excluding hydrogens is 248 g/mol. The van der Waals surface area contributed by atoms with E-state index in [4.69, 9.17) is 10.9 Å². The van der Waals surface area contributed by atoms with Crippen molar-refractivity contribution in [1.82, 2.24) is 0 Å². The summed E-state index contributed by atoms with van der Waals surface area (Å²) in [6, 6.07) is 5.37. The average Bonchev–Trinajstić information content (AvgIpc) is 2.14. The van der Waals surface area contributed by atoms with Gasteiger partial charge in [-0.3, -0.25) is 5.84 Å². The second-order valence-corrected chi connectivity index (χ2v) is 3.37. The van der Waals surface area contributed by atoms with E-state index in [1.807, 2.05) is 6.07 Å². The Morgan fingerprint density at radius 2 is 2.29 bits per heavy atom. The van der Waals surface area contributed by atoms with E-state index in [1.54, 1.807) is 12.1 Å². The van der Waals surface area contributed by atoms with Crippen LogP contribution in [-0.2, 0) is 4.79 Å². The summed E-state index contributed by atoms with van der Waals surface area (Å²) in [6.45, 7) is 0. The van der Waals surface area contributed by atoms with E-state index in [0.717, 1.165) is 10.5 Å². The Morgan fingerprint density at radius 1 is 1.57 bits per heavy atom. The number of anilines is 1. The van der Waals surface area contributed by atoms with Crippen LogP contribution in [-0.4, -0.2) is 11.1 Å². The van der Waals surface area contributed by atoms with Gasteiger partial charge in [-0.25, -0.2) is 4.79 Å². The molecule has 0 unspecified atom stereocenters. The molecule has 0 amide bonds. The van der Waals surface area contributed by atoms with Gasteiger partial charge in [-0.2, -0.15) is 0 Å². The maximum atomic E-state index is 10.3. The predicted octanol–water partition coefficient (Wildman–Crippen LogP) is 1.83. The molecule has 0 heterocycles. The van der Waals surface area contributed by atoms with Gasteiger partial charge in [-0.1, -0.05) is 12.1 Å². The molecule has 0 radical (unpaired) electrons. The molecule has 4 N–H and O–H groups in total. The SMILES string of the molecule is NNc1c(Br)cccc1/C=C/C(=O)O. The number of rotatable bonds is 3. The first-order valence-electron chi connectivity index (χ1n) is 3.81. The topological polar surface area (TPSA) is 75.3 Å². The highest BCUT2D eigenvalue weighted by Crippen LogP contribution is 2.26. The quantitative estimate of drug-likeness (QED) is 0.438. The lowest BCUT2D eigenvalue weighted by Gasteiger charge is -2.06. The maximum absolute atomic E-state index is 10.3. The van der Waals surface area contributed by atoms with Gasteiger partial charge in [-0.15, -0.1) is 0 Å². The first-order chi connectivity index (χ1) is 6.65. The third kappa shape index (κ3) is 2.58. The van der Waals surface area contributed by atoms with Crippen LogP contribution in [0.25, 0.3) is 6.08 Å². The highest BCUT2D eigenvalue weighted by molar-refractivity contribution is 9.10. The van der Waals surface area contributed by atoms with E-state index < -0.39 is 5.97 Å². The standard InChI is InChI=1S/C9H9BrN2O2/c10-7-3-1-2-6(9(7)12-11)4-5-8(13)14/h1-5,12H,11H2,(H,13,14)/b5-4+. The van der Waals surface area contributed by atoms with Crippen molar-refractivity contribution in [2.24, 2.45) is 5.84 Å². The van der Waals surface area contributed by atoms with E-state index in [1.165, 1.54) is 6.08 Å². The molecule has 1 aromatic rings. The van der Waals surface area contributed by atoms with Crippen molar-refractivity contribution in [2.45, 2.75) is 0 Å². The third-order valence-corrected chi connectivity index (χ3v) is 2.26. The fraction of sp³-hybridized carbons (Fsp3) is 0. The van der Waals surface area contributed by atoms with Gasteiger partial charge >= 0.3 is 5.97 Å². The summed E-state index contributed by atoms with van der Waals surface area (Å²) >= 11 is 3.29. The summed E-state index contributed by atoms with van der Waals surface area (Å²) in [6.07, 6.45) is 2.53. The van der Waals surface area contributed by atoms with Crippen molar-refractivity contribution in [3.8, 4) is 0 Å². The highest BCUT2D eigenvalue weighted by Gasteiger charge is 2.01. The van der Waals surface area contributed by atoms with Gasteiger partial charge in [0.15, 0.2) is 0 Å². The van der Waals surface area contributed by atoms with Crippen molar-refractivity contribution in [2.75, 3.05) is 5.43 Å². The van der Waals surface area contributed by atoms with Gasteiger partial charge in [-0.05, 0) is 28.1 Å². The molecule has 14 heavy (non-hydrogen) atoms. The first-order valence-corrected chi connectivity index (χ1v) is 4.60. The number of nitrogens with two attached hydrogens (primary N) is 1. The van der Waals surface area contributed by atoms with Crippen LogP contribution in [0.5, 0.6) is 0 Å². The summed E-state index contributed by atoms with van der Waals surface area (Å²) in [5.74, 6) is 4.30. The Balaban J connectivity index is 3.08. The van der Waals surface area contributed by atoms with E-state index >= 15 is 0 Å². The van der Waals surface area contributed by atoms with E-state index in [9.17, 15) is 4.79 Å². The molecule has 1 aromatic carbocycles. The molecule has 74 valence electrons. The number of carboxylic acid groups (broad SMARTS) is 1. The maximum Gasteiger partial charge on any atom is 0.328 e. The normalized spacial score (nSPS) is 10.4. The zero-order chi connectivity index (χ0) is 10.6. The third-order valence-electron chi connectivity index (χ3n) is 1.60. The summed E-state index contributed by atoms with van der Waals surface area (Å²) < 4.78 is 0.785. The van der Waals surface area contributed by atoms with Crippen LogP contribution in [0, 0.1) is 0 Å². The summed E-state index contributed by atoms with van der Waals surface area (Å²) in [7, 11) is 0. The van der Waals surface area contributed by atoms with Crippen LogP contribution >= 0.6 is 15.9 Å². The van der Waals surface area contributed by atoms with Crippen molar-refractivity contribution in [3.63, 3.8) is 0 Å². The minimum atomic E-state index is -0.993. The van der Waals surface area contributed by atoms with E-state index in [2.05, 4.69) is 21.4 Å². The number of carboxylic acids is 1. The number of aliphatic carboxylic acids is 1. The van der Waals surface area contributed by atoms with Crippen molar-refractivity contribution in [3.05, 3.63) is 34.3 Å². The van der Waals surface area contributed by atoms with Crippen LogP contribution in [0.15, 0.2) is 28.7 Å². The Hall–Kier alpha value is -1.33. The average molecular weight is 257 g/mol. The first kappa shape index (κ1) is 10.7. The molecule has 0 bridgehead atoms. The number of halogens is 1. The molecule has 0 aliphatic heterocycles. The Morgan fingerprint density at radius 3 is 2.86 bits per heavy atom. The van der Waals surface area contributed by atoms with E-state index in [-0.39, 0.29) is 0 Å². The number of hydrazine groups is 1. The second kappa shape index (κ2) is 4.78. The number of para-hydroxylation sites is 1. The Bertz CT molecular complexity index is 377. The molecular formula is C9H9BrN2O2. The van der Waals surface area contributed by atoms with Gasteiger partial charge in [0.25, 0.3) is 0 Å². The molecule has 0 spiro atoms. The lowest BCUT2D eigenvalue weighted by Crippen LogP contribution is -2.08. The Kier molecular flexibility index (Phi) is 3.67. The van der Waals surface area contributed by atoms with Crippen LogP contribution in [0.3, 0.4) is 0 Å². The van der Waals surface area contributed by atoms with Crippen molar-refractivity contribution < 1.29 is 9.90 Å². The molecule has 4 nitrogen and oxygen atoms in total. The van der Waals surface area contributed by atoms with Gasteiger partial charge in [0.1, 0.15) is 0 Å². The molecule has 0 saturated heterocycles. The van der Waals surface area contributed by atoms with Crippen LogP contribution < -0.4 is 11.3 Å². The fourth-order valence-electron chi connectivity index (χ4n) is 0.993. The second-order valence-electron chi connectivity index (χ2n) is 2.52. The van der Waals surface area contributed by atoms with Crippen LogP contribution in [0.4, 0.5) is 5.69 Å². The monoisotopic (exact) mass is 256 g/mol. The van der Waals surface area contributed by atoms with Gasteiger partial charge in [0, 0.05) is 16.1 Å². The molecule has 0 saturated carbocycles. The predicted molar refractivity (Wildman–Crippen MR) is 58.6 cm³/mol.